The summed E-state index contributed by atoms with van der Waals surface area (Å²) in [6, 6.07) is 3.43. The number of hydrogen-bond acceptors (Lipinski definition) is 7. The van der Waals surface area contributed by atoms with Crippen LogP contribution in [0.15, 0.2) is 24.3 Å². The molecule has 1 aromatic carbocycles. The van der Waals surface area contributed by atoms with Gasteiger partial charge in [-0.2, -0.15) is 0 Å². The van der Waals surface area contributed by atoms with Gasteiger partial charge in [-0.15, -0.1) is 0 Å². The molecule has 0 aliphatic rings. The van der Waals surface area contributed by atoms with E-state index < -0.39 is 47.6 Å². The molecule has 0 aromatic heterocycles. The second-order valence-corrected chi connectivity index (χ2v) is 11.2. The van der Waals surface area contributed by atoms with Crippen LogP contribution in [0.4, 0.5) is 4.79 Å². The molecule has 10 heteroatoms. The molecule has 214 valence electrons. The van der Waals surface area contributed by atoms with Gasteiger partial charge in [0.05, 0.1) is 7.11 Å². The van der Waals surface area contributed by atoms with Crippen molar-refractivity contribution in [1.82, 2.24) is 15.5 Å². The van der Waals surface area contributed by atoms with Gasteiger partial charge in [-0.3, -0.25) is 14.4 Å². The molecule has 0 radical (unpaired) electrons. The first-order valence-corrected chi connectivity index (χ1v) is 13.0. The lowest BCUT2D eigenvalue weighted by atomic mass is 9.95. The molecule has 0 spiro atoms. The van der Waals surface area contributed by atoms with Crippen molar-refractivity contribution in [3.8, 4) is 5.75 Å². The highest BCUT2D eigenvalue weighted by Crippen LogP contribution is 2.29. The molecule has 0 aliphatic carbocycles. The standard InChI is InChI=1S/C28H45N3O7/c1-17(2)10-11-19(5)31(26(35)23(18(3)4)30-27(36)38-28(6,7)8)24(20-12-14-21(32)15-13-20)25(34)29-16-22(33)37-9/h12-15,17-19,23-24,32H,10-11,16H2,1-9H3,(H,29,34)(H,30,36). The van der Waals surface area contributed by atoms with Crippen molar-refractivity contribution >= 4 is 23.9 Å². The van der Waals surface area contributed by atoms with Crippen LogP contribution in [0.3, 0.4) is 0 Å². The number of benzene rings is 1. The van der Waals surface area contributed by atoms with E-state index in [2.05, 4.69) is 29.2 Å². The number of carbonyl (C=O) groups excluding carboxylic acids is 4. The molecule has 1 aromatic rings. The minimum Gasteiger partial charge on any atom is -0.508 e. The number of methoxy groups -OCH3 is 1. The molecule has 0 bridgehead atoms. The van der Waals surface area contributed by atoms with E-state index in [0.29, 0.717) is 17.9 Å². The molecule has 3 atom stereocenters. The third kappa shape index (κ3) is 10.6. The molecule has 1 rings (SSSR count). The maximum atomic E-state index is 14.2. The minimum atomic E-state index is -1.14. The number of esters is 1. The van der Waals surface area contributed by atoms with Gasteiger partial charge in [-0.25, -0.2) is 4.79 Å². The highest BCUT2D eigenvalue weighted by Gasteiger charge is 2.40. The van der Waals surface area contributed by atoms with E-state index in [0.717, 1.165) is 6.42 Å². The molecule has 3 unspecified atom stereocenters. The van der Waals surface area contributed by atoms with Crippen LogP contribution in [-0.4, -0.2) is 65.2 Å². The third-order valence-electron chi connectivity index (χ3n) is 5.87. The van der Waals surface area contributed by atoms with E-state index in [1.54, 1.807) is 46.8 Å². The Labute approximate surface area is 226 Å². The first kappa shape index (κ1) is 32.7. The Morgan fingerprint density at radius 3 is 2.03 bits per heavy atom. The highest BCUT2D eigenvalue weighted by molar-refractivity contribution is 5.93. The molecular weight excluding hydrogens is 490 g/mol. The van der Waals surface area contributed by atoms with Crippen molar-refractivity contribution in [3.63, 3.8) is 0 Å². The van der Waals surface area contributed by atoms with Gasteiger partial charge >= 0.3 is 12.1 Å². The SMILES string of the molecule is COC(=O)CNC(=O)C(c1ccc(O)cc1)N(C(=O)C(NC(=O)OC(C)(C)C)C(C)C)C(C)CCC(C)C. The van der Waals surface area contributed by atoms with Crippen LogP contribution >= 0.6 is 0 Å². The van der Waals surface area contributed by atoms with E-state index in [-0.39, 0.29) is 18.2 Å². The quantitative estimate of drug-likeness (QED) is 0.345. The summed E-state index contributed by atoms with van der Waals surface area (Å²) < 4.78 is 10.0. The summed E-state index contributed by atoms with van der Waals surface area (Å²) in [5.74, 6) is -1.66. The van der Waals surface area contributed by atoms with Crippen molar-refractivity contribution < 1.29 is 33.8 Å². The summed E-state index contributed by atoms with van der Waals surface area (Å²) in [5, 5.41) is 15.1. The van der Waals surface area contributed by atoms with Gasteiger partial charge in [0.25, 0.3) is 0 Å². The highest BCUT2D eigenvalue weighted by atomic mass is 16.6. The lowest BCUT2D eigenvalue weighted by Gasteiger charge is -2.39. The molecule has 0 saturated carbocycles. The van der Waals surface area contributed by atoms with Gasteiger partial charge in [0.15, 0.2) is 0 Å². The van der Waals surface area contributed by atoms with Crippen LogP contribution in [0, 0.1) is 11.8 Å². The first-order chi connectivity index (χ1) is 17.6. The predicted octanol–water partition coefficient (Wildman–Crippen LogP) is 3.93. The van der Waals surface area contributed by atoms with Crippen molar-refractivity contribution in [1.29, 1.82) is 0 Å². The minimum absolute atomic E-state index is 0.000138. The van der Waals surface area contributed by atoms with Gasteiger partial charge in [0.1, 0.15) is 30.0 Å². The number of phenolic OH excluding ortho intramolecular Hbond substituents is 1. The number of alkyl carbamates (subject to hydrolysis) is 1. The normalized spacial score (nSPS) is 13.9. The molecular formula is C28H45N3O7. The Kier molecular flexibility index (Phi) is 12.6. The fourth-order valence-corrected chi connectivity index (χ4v) is 3.84. The van der Waals surface area contributed by atoms with Gasteiger partial charge in [-0.1, -0.05) is 39.8 Å². The molecule has 0 fully saturated rings. The number of nitrogens with one attached hydrogen (secondary N) is 2. The molecule has 0 saturated heterocycles. The smallest absolute Gasteiger partial charge is 0.408 e. The van der Waals surface area contributed by atoms with E-state index in [9.17, 15) is 24.3 Å². The number of ether oxygens (including phenoxy) is 2. The van der Waals surface area contributed by atoms with Gasteiger partial charge in [0, 0.05) is 6.04 Å². The number of phenols is 1. The number of aromatic hydroxyl groups is 1. The Balaban J connectivity index is 3.57. The summed E-state index contributed by atoms with van der Waals surface area (Å²) in [6.07, 6.45) is 0.651. The summed E-state index contributed by atoms with van der Waals surface area (Å²) in [4.78, 5) is 53.6. The fourth-order valence-electron chi connectivity index (χ4n) is 3.84. The molecule has 10 nitrogen and oxygen atoms in total. The van der Waals surface area contributed by atoms with Gasteiger partial charge in [-0.05, 0) is 70.1 Å². The summed E-state index contributed by atoms with van der Waals surface area (Å²) in [5.41, 5.74) is -0.323. The third-order valence-corrected chi connectivity index (χ3v) is 5.87. The Morgan fingerprint density at radius 2 is 1.55 bits per heavy atom. The van der Waals surface area contributed by atoms with Gasteiger partial charge < -0.3 is 30.1 Å². The second kappa shape index (κ2) is 14.6. The number of rotatable bonds is 12. The Morgan fingerprint density at radius 1 is 0.974 bits per heavy atom. The average molecular weight is 536 g/mol. The zero-order chi connectivity index (χ0) is 29.2. The Bertz CT molecular complexity index is 939. The van der Waals surface area contributed by atoms with E-state index >= 15 is 0 Å². The summed E-state index contributed by atoms with van der Waals surface area (Å²) >= 11 is 0. The monoisotopic (exact) mass is 535 g/mol. The topological polar surface area (TPSA) is 134 Å². The molecule has 0 heterocycles. The molecule has 0 aliphatic heterocycles. The largest absolute Gasteiger partial charge is 0.508 e. The van der Waals surface area contributed by atoms with Crippen molar-refractivity contribution in [2.45, 2.75) is 92.0 Å². The van der Waals surface area contributed by atoms with Crippen LogP contribution in [0.25, 0.3) is 0 Å². The molecule has 38 heavy (non-hydrogen) atoms. The summed E-state index contributed by atoms with van der Waals surface area (Å²) in [6.45, 7) is 14.4. The first-order valence-electron chi connectivity index (χ1n) is 13.0. The Hall–Kier alpha value is -3.30. The zero-order valence-electron chi connectivity index (χ0n) is 24.2. The number of hydrogen-bond donors (Lipinski definition) is 3. The zero-order valence-corrected chi connectivity index (χ0v) is 24.2. The van der Waals surface area contributed by atoms with Crippen molar-refractivity contribution in [2.75, 3.05) is 13.7 Å². The van der Waals surface area contributed by atoms with E-state index in [1.807, 2.05) is 6.92 Å². The lowest BCUT2D eigenvalue weighted by molar-refractivity contribution is -0.147. The number of amides is 3. The molecule has 3 amide bonds. The lowest BCUT2D eigenvalue weighted by Crippen LogP contribution is -2.57. The fraction of sp³-hybridized carbons (Fsp3) is 0.643. The van der Waals surface area contributed by atoms with Crippen molar-refractivity contribution in [3.05, 3.63) is 29.8 Å². The maximum Gasteiger partial charge on any atom is 0.408 e. The van der Waals surface area contributed by atoms with Crippen LogP contribution in [-0.2, 0) is 23.9 Å². The number of carbonyl (C=O) groups is 4. The second-order valence-electron chi connectivity index (χ2n) is 11.2. The summed E-state index contributed by atoms with van der Waals surface area (Å²) in [7, 11) is 1.21. The van der Waals surface area contributed by atoms with Gasteiger partial charge in [0.2, 0.25) is 11.8 Å². The van der Waals surface area contributed by atoms with Crippen LogP contribution < -0.4 is 10.6 Å². The van der Waals surface area contributed by atoms with Crippen LogP contribution in [0.1, 0.15) is 79.8 Å². The van der Waals surface area contributed by atoms with Crippen LogP contribution in [0.5, 0.6) is 5.75 Å². The predicted molar refractivity (Wildman–Crippen MR) is 144 cm³/mol. The molecule has 3 N–H and O–H groups in total. The number of nitrogens with zero attached hydrogens (tertiary/aromatic N) is 1. The van der Waals surface area contributed by atoms with Crippen molar-refractivity contribution in [2.24, 2.45) is 11.8 Å². The maximum absolute atomic E-state index is 14.2. The average Bonchev–Trinajstić information content (AvgIpc) is 2.81. The van der Waals surface area contributed by atoms with Crippen LogP contribution in [0.2, 0.25) is 0 Å². The van der Waals surface area contributed by atoms with E-state index in [4.69, 9.17) is 4.74 Å². The van der Waals surface area contributed by atoms with E-state index in [1.165, 1.54) is 24.1 Å².